The van der Waals surface area contributed by atoms with Crippen LogP contribution in [0.4, 0.5) is 19.0 Å². The van der Waals surface area contributed by atoms with Crippen LogP contribution in [0.25, 0.3) is 0 Å². The number of aromatic nitrogens is 2. The summed E-state index contributed by atoms with van der Waals surface area (Å²) in [6.07, 6.45) is -5.44. The number of fused-ring (bicyclic) bond motifs is 1. The fourth-order valence-corrected chi connectivity index (χ4v) is 3.59. The van der Waals surface area contributed by atoms with Crippen LogP contribution in [-0.2, 0) is 16.9 Å². The highest BCUT2D eigenvalue weighted by molar-refractivity contribution is 6.09. The molecule has 10 nitrogen and oxygen atoms in total. The van der Waals surface area contributed by atoms with Crippen molar-refractivity contribution in [1.82, 2.24) is 14.9 Å². The Hall–Kier alpha value is -3.77. The van der Waals surface area contributed by atoms with Gasteiger partial charge in [-0.15, -0.1) is 0 Å². The first-order valence-electron chi connectivity index (χ1n) is 9.67. The topological polar surface area (TPSA) is 132 Å². The minimum absolute atomic E-state index is 0.0909. The van der Waals surface area contributed by atoms with Gasteiger partial charge in [0.1, 0.15) is 22.9 Å². The third-order valence-electron chi connectivity index (χ3n) is 5.07. The Kier molecular flexibility index (Phi) is 6.00. The van der Waals surface area contributed by atoms with E-state index >= 15 is 0 Å². The van der Waals surface area contributed by atoms with E-state index in [0.717, 1.165) is 10.6 Å². The molecule has 1 aromatic heterocycles. The van der Waals surface area contributed by atoms with Gasteiger partial charge >= 0.3 is 11.9 Å². The van der Waals surface area contributed by atoms with Gasteiger partial charge < -0.3 is 20.1 Å². The van der Waals surface area contributed by atoms with E-state index < -0.39 is 46.2 Å². The number of aromatic amines is 1. The number of carbonyl (C=O) groups excluding carboxylic acids is 2. The quantitative estimate of drug-likeness (QED) is 0.584. The Balaban J connectivity index is 2.23. The standard InChI is InChI=1S/C20H21F3N4O6/c1-9(2)8-27-14-13(16(29)25-18(27)31)19(17(30)24-14,20(21,22)23)26-15(28)11-6-5-10(32-3)7-12(11)33-4/h5-7,9H,8H2,1-4H3,(H,24,30)(H,26,28)(H,25,29,31)/t19-/m0/s1. The van der Waals surface area contributed by atoms with Crippen molar-refractivity contribution in [3.8, 4) is 11.5 Å². The molecule has 33 heavy (non-hydrogen) atoms. The highest BCUT2D eigenvalue weighted by Gasteiger charge is 2.68. The van der Waals surface area contributed by atoms with E-state index in [1.54, 1.807) is 19.2 Å². The van der Waals surface area contributed by atoms with Gasteiger partial charge in [0.2, 0.25) is 0 Å². The number of benzene rings is 1. The molecule has 2 heterocycles. The number of nitrogens with one attached hydrogen (secondary N) is 3. The molecule has 2 aromatic rings. The zero-order valence-corrected chi connectivity index (χ0v) is 18.0. The maximum absolute atomic E-state index is 14.4. The molecular weight excluding hydrogens is 449 g/mol. The second kappa shape index (κ2) is 8.30. The van der Waals surface area contributed by atoms with Gasteiger partial charge in [-0.05, 0) is 18.1 Å². The van der Waals surface area contributed by atoms with Crippen molar-refractivity contribution in [2.45, 2.75) is 32.1 Å². The van der Waals surface area contributed by atoms with E-state index in [0.29, 0.717) is 0 Å². The number of alkyl halides is 3. The summed E-state index contributed by atoms with van der Waals surface area (Å²) in [5.41, 5.74) is -7.65. The van der Waals surface area contributed by atoms with Gasteiger partial charge in [-0.25, -0.2) is 4.79 Å². The number of hydrogen-bond acceptors (Lipinski definition) is 6. The summed E-state index contributed by atoms with van der Waals surface area (Å²) in [5, 5.41) is 3.65. The lowest BCUT2D eigenvalue weighted by Crippen LogP contribution is -2.62. The van der Waals surface area contributed by atoms with Crippen LogP contribution in [0, 0.1) is 5.92 Å². The normalized spacial score (nSPS) is 17.5. The fraction of sp³-hybridized carbons (Fsp3) is 0.400. The van der Waals surface area contributed by atoms with E-state index in [1.165, 1.54) is 26.4 Å². The summed E-state index contributed by atoms with van der Waals surface area (Å²) in [6, 6.07) is 3.73. The van der Waals surface area contributed by atoms with E-state index in [9.17, 15) is 32.3 Å². The number of halogens is 3. The van der Waals surface area contributed by atoms with Gasteiger partial charge in [-0.2, -0.15) is 13.2 Å². The van der Waals surface area contributed by atoms with Crippen molar-refractivity contribution in [3.63, 3.8) is 0 Å². The van der Waals surface area contributed by atoms with Gasteiger partial charge in [-0.3, -0.25) is 23.9 Å². The zero-order chi connectivity index (χ0) is 24.7. The van der Waals surface area contributed by atoms with Crippen LogP contribution >= 0.6 is 0 Å². The smallest absolute Gasteiger partial charge is 0.425 e. The second-order valence-corrected chi connectivity index (χ2v) is 7.71. The first kappa shape index (κ1) is 23.9. The molecule has 3 rings (SSSR count). The Morgan fingerprint density at radius 3 is 2.39 bits per heavy atom. The summed E-state index contributed by atoms with van der Waals surface area (Å²) < 4.78 is 54.2. The lowest BCUT2D eigenvalue weighted by atomic mass is 9.91. The van der Waals surface area contributed by atoms with Crippen molar-refractivity contribution >= 4 is 17.6 Å². The number of hydrogen-bond donors (Lipinski definition) is 3. The molecule has 0 spiro atoms. The number of amides is 2. The van der Waals surface area contributed by atoms with Crippen LogP contribution < -0.4 is 31.4 Å². The predicted molar refractivity (Wildman–Crippen MR) is 110 cm³/mol. The van der Waals surface area contributed by atoms with E-state index in [2.05, 4.69) is 0 Å². The molecule has 178 valence electrons. The Morgan fingerprint density at radius 2 is 1.85 bits per heavy atom. The molecular formula is C20H21F3N4O6. The lowest BCUT2D eigenvalue weighted by molar-refractivity contribution is -0.196. The van der Waals surface area contributed by atoms with Gasteiger partial charge in [0, 0.05) is 12.6 Å². The molecule has 0 bridgehead atoms. The Bertz CT molecular complexity index is 1230. The van der Waals surface area contributed by atoms with E-state index in [4.69, 9.17) is 9.47 Å². The predicted octanol–water partition coefficient (Wildman–Crippen LogP) is 1.35. The van der Waals surface area contributed by atoms with Gasteiger partial charge in [0.25, 0.3) is 22.9 Å². The van der Waals surface area contributed by atoms with Crippen LogP contribution in [-0.4, -0.2) is 41.8 Å². The zero-order valence-electron chi connectivity index (χ0n) is 18.0. The Labute approximate surface area is 184 Å². The molecule has 2 amide bonds. The monoisotopic (exact) mass is 470 g/mol. The fourth-order valence-electron chi connectivity index (χ4n) is 3.59. The molecule has 0 saturated carbocycles. The van der Waals surface area contributed by atoms with Crippen LogP contribution in [0.1, 0.15) is 29.8 Å². The molecule has 1 aromatic carbocycles. The van der Waals surface area contributed by atoms with E-state index in [-0.39, 0.29) is 29.5 Å². The average Bonchev–Trinajstić information content (AvgIpc) is 3.03. The molecule has 0 unspecified atom stereocenters. The molecule has 0 radical (unpaired) electrons. The number of anilines is 1. The van der Waals surface area contributed by atoms with Crippen molar-refractivity contribution in [1.29, 1.82) is 0 Å². The van der Waals surface area contributed by atoms with Crippen molar-refractivity contribution in [2.24, 2.45) is 5.92 Å². The third kappa shape index (κ3) is 3.83. The van der Waals surface area contributed by atoms with Gasteiger partial charge in [-0.1, -0.05) is 13.8 Å². The number of rotatable bonds is 6. The average molecular weight is 470 g/mol. The first-order valence-corrected chi connectivity index (χ1v) is 9.67. The van der Waals surface area contributed by atoms with E-state index in [1.807, 2.05) is 10.3 Å². The van der Waals surface area contributed by atoms with Crippen LogP contribution in [0.3, 0.4) is 0 Å². The third-order valence-corrected chi connectivity index (χ3v) is 5.07. The minimum Gasteiger partial charge on any atom is -0.497 e. The van der Waals surface area contributed by atoms with Gasteiger partial charge in [0.15, 0.2) is 0 Å². The number of nitrogens with zero attached hydrogens (tertiary/aromatic N) is 1. The molecule has 0 saturated heterocycles. The molecule has 0 fully saturated rings. The maximum atomic E-state index is 14.4. The number of methoxy groups -OCH3 is 2. The van der Waals surface area contributed by atoms with Gasteiger partial charge in [0.05, 0.1) is 19.8 Å². The highest BCUT2D eigenvalue weighted by atomic mass is 19.4. The summed E-state index contributed by atoms with van der Waals surface area (Å²) in [7, 11) is 2.54. The lowest BCUT2D eigenvalue weighted by Gasteiger charge is -2.30. The number of H-pyrrole nitrogens is 1. The summed E-state index contributed by atoms with van der Waals surface area (Å²) in [4.78, 5) is 52.3. The highest BCUT2D eigenvalue weighted by Crippen LogP contribution is 2.45. The summed E-state index contributed by atoms with van der Waals surface area (Å²) in [5.74, 6) is -3.75. The first-order chi connectivity index (χ1) is 15.4. The Morgan fingerprint density at radius 1 is 1.18 bits per heavy atom. The van der Waals surface area contributed by atoms with Crippen LogP contribution in [0.15, 0.2) is 27.8 Å². The maximum Gasteiger partial charge on any atom is 0.425 e. The minimum atomic E-state index is -5.44. The van der Waals surface area contributed by atoms with Crippen molar-refractivity contribution in [2.75, 3.05) is 19.5 Å². The second-order valence-electron chi connectivity index (χ2n) is 7.71. The number of ether oxygens (including phenoxy) is 2. The molecule has 1 atom stereocenters. The molecule has 1 aliphatic heterocycles. The molecule has 13 heteroatoms. The summed E-state index contributed by atoms with van der Waals surface area (Å²) >= 11 is 0. The largest absolute Gasteiger partial charge is 0.497 e. The molecule has 1 aliphatic rings. The van der Waals surface area contributed by atoms with Crippen LogP contribution in [0.2, 0.25) is 0 Å². The summed E-state index contributed by atoms with van der Waals surface area (Å²) in [6.45, 7) is 3.29. The molecule has 0 aliphatic carbocycles. The SMILES string of the molecule is COc1ccc(C(=O)N[C@]2(C(F)(F)F)C(=O)Nc3c2c(=O)[nH]c(=O)n3CC(C)C)c(OC)c1. The van der Waals surface area contributed by atoms with Crippen molar-refractivity contribution in [3.05, 3.63) is 50.2 Å². The molecule has 3 N–H and O–H groups in total. The number of carbonyl (C=O) groups is 2. The van der Waals surface area contributed by atoms with Crippen LogP contribution in [0.5, 0.6) is 11.5 Å². The van der Waals surface area contributed by atoms with Crippen molar-refractivity contribution < 1.29 is 32.2 Å².